The number of hydrogen-bond acceptors (Lipinski definition) is 4. The zero-order chi connectivity index (χ0) is 15.3. The van der Waals surface area contributed by atoms with Crippen molar-refractivity contribution in [2.75, 3.05) is 32.5 Å². The number of aryl methyl sites for hydroxylation is 1. The van der Waals surface area contributed by atoms with Gasteiger partial charge in [-0.25, -0.2) is 0 Å². The normalized spacial score (nSPS) is 22.8. The van der Waals surface area contributed by atoms with Crippen molar-refractivity contribution in [1.82, 2.24) is 4.90 Å². The second-order valence-corrected chi connectivity index (χ2v) is 7.72. The third kappa shape index (κ3) is 4.38. The van der Waals surface area contributed by atoms with Crippen LogP contribution in [0.1, 0.15) is 25.8 Å². The highest BCUT2D eigenvalue weighted by atomic mass is 32.2. The van der Waals surface area contributed by atoms with E-state index in [0.29, 0.717) is 5.25 Å². The summed E-state index contributed by atoms with van der Waals surface area (Å²) in [6.07, 6.45) is 2.17. The Labute approximate surface area is 133 Å². The number of hydrogen-bond donors (Lipinski definition) is 1. The third-order valence-corrected chi connectivity index (χ3v) is 5.69. The lowest BCUT2D eigenvalue weighted by Crippen LogP contribution is -2.56. The molecule has 1 heterocycles. The summed E-state index contributed by atoms with van der Waals surface area (Å²) < 4.78 is 5.21. The Kier molecular flexibility index (Phi) is 5.97. The molecule has 2 rings (SSSR count). The molecule has 0 aliphatic carbocycles. The second kappa shape index (κ2) is 7.52. The first-order valence-electron chi connectivity index (χ1n) is 7.77. The number of methoxy groups -OCH3 is 1. The molecule has 2 atom stereocenters. The van der Waals surface area contributed by atoms with Crippen molar-refractivity contribution in [3.05, 3.63) is 29.8 Å². The summed E-state index contributed by atoms with van der Waals surface area (Å²) in [5.74, 6) is 2.14. The molecule has 2 N–H and O–H groups in total. The number of rotatable bonds is 6. The van der Waals surface area contributed by atoms with Crippen LogP contribution in [0, 0.1) is 0 Å². The molecular weight excluding hydrogens is 280 g/mol. The zero-order valence-corrected chi connectivity index (χ0v) is 14.3. The highest BCUT2D eigenvalue weighted by Crippen LogP contribution is 2.28. The van der Waals surface area contributed by atoms with E-state index in [9.17, 15) is 0 Å². The summed E-state index contributed by atoms with van der Waals surface area (Å²) in [4.78, 5) is 2.59. The Morgan fingerprint density at radius 2 is 2.10 bits per heavy atom. The van der Waals surface area contributed by atoms with E-state index in [1.54, 1.807) is 7.11 Å². The quantitative estimate of drug-likeness (QED) is 0.877. The number of benzene rings is 1. The fraction of sp³-hybridized carbons (Fsp3) is 0.647. The highest BCUT2D eigenvalue weighted by Gasteiger charge is 2.32. The fourth-order valence-corrected chi connectivity index (χ4v) is 3.92. The number of thioether (sulfide) groups is 1. The van der Waals surface area contributed by atoms with Gasteiger partial charge in [0.05, 0.1) is 7.11 Å². The van der Waals surface area contributed by atoms with Crippen molar-refractivity contribution in [1.29, 1.82) is 0 Å². The van der Waals surface area contributed by atoms with Gasteiger partial charge in [0.15, 0.2) is 0 Å². The summed E-state index contributed by atoms with van der Waals surface area (Å²) in [6.45, 7) is 7.67. The standard InChI is InChI=1S/C17H28N2OS/c1-14-12-19(10-11-21-14)17(2,13-18)9-8-15-4-6-16(20-3)7-5-15/h4-7,14H,8-13,18H2,1-3H3. The molecule has 0 radical (unpaired) electrons. The van der Waals surface area contributed by atoms with Gasteiger partial charge in [0.25, 0.3) is 0 Å². The van der Waals surface area contributed by atoms with Gasteiger partial charge in [0.2, 0.25) is 0 Å². The van der Waals surface area contributed by atoms with Crippen LogP contribution in [-0.2, 0) is 6.42 Å². The molecule has 0 saturated carbocycles. The van der Waals surface area contributed by atoms with Gasteiger partial charge < -0.3 is 10.5 Å². The Hall–Kier alpha value is -0.710. The summed E-state index contributed by atoms with van der Waals surface area (Å²) in [5, 5.41) is 0.714. The molecule has 1 aromatic carbocycles. The van der Waals surface area contributed by atoms with Gasteiger partial charge in [-0.15, -0.1) is 0 Å². The number of ether oxygens (including phenoxy) is 1. The smallest absolute Gasteiger partial charge is 0.118 e. The lowest BCUT2D eigenvalue weighted by Gasteiger charge is -2.44. The second-order valence-electron chi connectivity index (χ2n) is 6.18. The van der Waals surface area contributed by atoms with Crippen LogP contribution in [0.25, 0.3) is 0 Å². The van der Waals surface area contributed by atoms with Crippen LogP contribution in [0.15, 0.2) is 24.3 Å². The Morgan fingerprint density at radius 1 is 1.38 bits per heavy atom. The van der Waals surface area contributed by atoms with Gasteiger partial charge in [-0.05, 0) is 37.5 Å². The number of nitrogens with two attached hydrogens (primary N) is 1. The van der Waals surface area contributed by atoms with Crippen LogP contribution >= 0.6 is 11.8 Å². The lowest BCUT2D eigenvalue weighted by atomic mass is 9.91. The van der Waals surface area contributed by atoms with Crippen molar-refractivity contribution in [3.8, 4) is 5.75 Å². The van der Waals surface area contributed by atoms with E-state index < -0.39 is 0 Å². The monoisotopic (exact) mass is 308 g/mol. The molecule has 118 valence electrons. The van der Waals surface area contributed by atoms with Crippen LogP contribution in [0.4, 0.5) is 0 Å². The Bertz CT molecular complexity index is 437. The lowest BCUT2D eigenvalue weighted by molar-refractivity contribution is 0.107. The zero-order valence-electron chi connectivity index (χ0n) is 13.5. The van der Waals surface area contributed by atoms with Crippen LogP contribution in [-0.4, -0.2) is 48.2 Å². The Balaban J connectivity index is 1.96. The molecule has 1 saturated heterocycles. The van der Waals surface area contributed by atoms with Crippen molar-refractivity contribution >= 4 is 11.8 Å². The maximum absolute atomic E-state index is 6.12. The van der Waals surface area contributed by atoms with Gasteiger partial charge in [0.1, 0.15) is 5.75 Å². The summed E-state index contributed by atoms with van der Waals surface area (Å²) in [6, 6.07) is 8.39. The predicted octanol–water partition coefficient (Wildman–Crippen LogP) is 2.78. The van der Waals surface area contributed by atoms with Crippen LogP contribution in [0.3, 0.4) is 0 Å². The van der Waals surface area contributed by atoms with E-state index in [4.69, 9.17) is 10.5 Å². The maximum Gasteiger partial charge on any atom is 0.118 e. The molecule has 21 heavy (non-hydrogen) atoms. The predicted molar refractivity (Wildman–Crippen MR) is 92.3 cm³/mol. The molecule has 4 heteroatoms. The topological polar surface area (TPSA) is 38.5 Å². The van der Waals surface area contributed by atoms with Gasteiger partial charge >= 0.3 is 0 Å². The highest BCUT2D eigenvalue weighted by molar-refractivity contribution is 7.99. The molecule has 1 fully saturated rings. The van der Waals surface area contributed by atoms with Gasteiger partial charge in [-0.2, -0.15) is 11.8 Å². The average molecular weight is 308 g/mol. The van der Waals surface area contributed by atoms with Crippen molar-refractivity contribution in [2.45, 2.75) is 37.5 Å². The first-order chi connectivity index (χ1) is 10.1. The third-order valence-electron chi connectivity index (χ3n) is 4.56. The van der Waals surface area contributed by atoms with E-state index in [1.807, 2.05) is 12.1 Å². The molecule has 0 spiro atoms. The largest absolute Gasteiger partial charge is 0.497 e. The summed E-state index contributed by atoms with van der Waals surface area (Å²) >= 11 is 2.07. The van der Waals surface area contributed by atoms with Gasteiger partial charge in [-0.3, -0.25) is 4.90 Å². The fourth-order valence-electron chi connectivity index (χ4n) is 2.90. The number of nitrogens with zero attached hydrogens (tertiary/aromatic N) is 1. The maximum atomic E-state index is 6.12. The minimum absolute atomic E-state index is 0.106. The molecule has 1 aromatic rings. The summed E-state index contributed by atoms with van der Waals surface area (Å²) in [5.41, 5.74) is 7.59. The molecule has 0 amide bonds. The molecule has 3 nitrogen and oxygen atoms in total. The van der Waals surface area contributed by atoms with E-state index >= 15 is 0 Å². The van der Waals surface area contributed by atoms with Gasteiger partial charge in [-0.1, -0.05) is 19.1 Å². The first-order valence-corrected chi connectivity index (χ1v) is 8.82. The summed E-state index contributed by atoms with van der Waals surface area (Å²) in [7, 11) is 1.70. The van der Waals surface area contributed by atoms with Crippen LogP contribution in [0.2, 0.25) is 0 Å². The average Bonchev–Trinajstić information content (AvgIpc) is 2.53. The van der Waals surface area contributed by atoms with Crippen LogP contribution in [0.5, 0.6) is 5.75 Å². The Morgan fingerprint density at radius 3 is 2.67 bits per heavy atom. The van der Waals surface area contributed by atoms with E-state index in [1.165, 1.54) is 11.3 Å². The minimum atomic E-state index is 0.106. The van der Waals surface area contributed by atoms with E-state index in [0.717, 1.165) is 38.2 Å². The van der Waals surface area contributed by atoms with Crippen LogP contribution < -0.4 is 10.5 Å². The van der Waals surface area contributed by atoms with Crippen molar-refractivity contribution in [2.24, 2.45) is 5.73 Å². The van der Waals surface area contributed by atoms with E-state index in [-0.39, 0.29) is 5.54 Å². The molecule has 2 unspecified atom stereocenters. The van der Waals surface area contributed by atoms with Crippen molar-refractivity contribution < 1.29 is 4.74 Å². The SMILES string of the molecule is COc1ccc(CCC(C)(CN)N2CCSC(C)C2)cc1. The minimum Gasteiger partial charge on any atom is -0.497 e. The molecule has 1 aliphatic rings. The van der Waals surface area contributed by atoms with E-state index in [2.05, 4.69) is 42.6 Å². The molecule has 0 aromatic heterocycles. The van der Waals surface area contributed by atoms with Crippen molar-refractivity contribution in [3.63, 3.8) is 0 Å². The molecular formula is C17H28N2OS. The van der Waals surface area contributed by atoms with Gasteiger partial charge in [0, 0.05) is 36.2 Å². The molecule has 1 aliphatic heterocycles. The first kappa shape index (κ1) is 16.7. The molecule has 0 bridgehead atoms.